The lowest BCUT2D eigenvalue weighted by Crippen LogP contribution is -2.47. The molecule has 4 rings (SSSR count). The molecule has 2 atom stereocenters. The first kappa shape index (κ1) is 16.6. The molecule has 1 aromatic carbocycles. The van der Waals surface area contributed by atoms with Crippen LogP contribution < -0.4 is 4.90 Å². The van der Waals surface area contributed by atoms with E-state index in [1.54, 1.807) is 12.1 Å². The van der Waals surface area contributed by atoms with Crippen molar-refractivity contribution in [3.63, 3.8) is 0 Å². The summed E-state index contributed by atoms with van der Waals surface area (Å²) in [5.41, 5.74) is 2.38. The minimum Gasteiger partial charge on any atom is -0.507 e. The van der Waals surface area contributed by atoms with Crippen molar-refractivity contribution in [3.8, 4) is 17.0 Å². The Hall–Kier alpha value is -1.85. The molecule has 2 saturated heterocycles. The number of phenolic OH excluding ortho intramolecular Hbond substituents is 1. The normalized spacial score (nSPS) is 23.7. The van der Waals surface area contributed by atoms with Crippen molar-refractivity contribution in [3.05, 3.63) is 34.9 Å². The molecule has 3 heterocycles. The van der Waals surface area contributed by atoms with Crippen LogP contribution in [0.25, 0.3) is 11.3 Å². The summed E-state index contributed by atoms with van der Waals surface area (Å²) in [6, 6.07) is 7.70. The Balaban J connectivity index is 1.64. The third kappa shape index (κ3) is 3.07. The summed E-state index contributed by atoms with van der Waals surface area (Å²) in [6.45, 7) is 5.34. The predicted octanol–water partition coefficient (Wildman–Crippen LogP) is 3.34. The number of nitrogens with zero attached hydrogens (tertiary/aromatic N) is 4. The number of hydrogen-bond acceptors (Lipinski definition) is 5. The molecule has 1 N–H and O–H groups in total. The van der Waals surface area contributed by atoms with E-state index in [2.05, 4.69) is 33.1 Å². The van der Waals surface area contributed by atoms with Crippen molar-refractivity contribution in [1.82, 2.24) is 15.1 Å². The fraction of sp³-hybridized carbons (Fsp3) is 0.474. The van der Waals surface area contributed by atoms with Gasteiger partial charge >= 0.3 is 0 Å². The zero-order valence-electron chi connectivity index (χ0n) is 14.6. The third-order valence-corrected chi connectivity index (χ3v) is 5.78. The van der Waals surface area contributed by atoms with Gasteiger partial charge < -0.3 is 14.9 Å². The fourth-order valence-electron chi connectivity index (χ4n) is 4.17. The summed E-state index contributed by atoms with van der Waals surface area (Å²) in [4.78, 5) is 4.81. The minimum absolute atomic E-state index is 0.132. The quantitative estimate of drug-likeness (QED) is 0.892. The third-order valence-electron chi connectivity index (χ3n) is 5.55. The molecule has 6 heteroatoms. The molecule has 2 fully saturated rings. The monoisotopic (exact) mass is 358 g/mol. The van der Waals surface area contributed by atoms with Crippen LogP contribution in [0.3, 0.4) is 0 Å². The van der Waals surface area contributed by atoms with Gasteiger partial charge in [0, 0.05) is 29.7 Å². The first-order valence-corrected chi connectivity index (χ1v) is 9.19. The van der Waals surface area contributed by atoms with Crippen LogP contribution in [0.4, 0.5) is 5.82 Å². The Morgan fingerprint density at radius 3 is 2.72 bits per heavy atom. The molecule has 0 unspecified atom stereocenters. The highest BCUT2D eigenvalue weighted by Crippen LogP contribution is 2.36. The Morgan fingerprint density at radius 2 is 1.96 bits per heavy atom. The molecule has 0 saturated carbocycles. The molecule has 2 aliphatic rings. The number of likely N-dealkylation sites (tertiary alicyclic amines) is 1. The van der Waals surface area contributed by atoms with Crippen LogP contribution in [0.2, 0.25) is 5.02 Å². The topological polar surface area (TPSA) is 52.5 Å². The second-order valence-electron chi connectivity index (χ2n) is 7.26. The number of fused-ring (bicyclic) bond motifs is 1. The number of likely N-dealkylation sites (N-methyl/N-ethyl adjacent to an activating group) is 1. The van der Waals surface area contributed by atoms with Crippen molar-refractivity contribution in [2.75, 3.05) is 31.6 Å². The van der Waals surface area contributed by atoms with E-state index < -0.39 is 0 Å². The number of aromatic nitrogens is 2. The van der Waals surface area contributed by atoms with Crippen LogP contribution >= 0.6 is 11.6 Å². The maximum absolute atomic E-state index is 10.2. The van der Waals surface area contributed by atoms with E-state index in [4.69, 9.17) is 11.6 Å². The molecule has 0 spiro atoms. The molecule has 0 bridgehead atoms. The summed E-state index contributed by atoms with van der Waals surface area (Å²) in [6.07, 6.45) is 2.50. The number of aromatic hydroxyl groups is 1. The number of hydrogen-bond donors (Lipinski definition) is 1. The zero-order chi connectivity index (χ0) is 17.6. The number of aryl methyl sites for hydroxylation is 1. The average Bonchev–Trinajstić information content (AvgIpc) is 2.98. The van der Waals surface area contributed by atoms with Gasteiger partial charge in [0.25, 0.3) is 0 Å². The standard InChI is InChI=1S/C19H23ClN4O/c1-12-9-18(24-8-6-13-5-7-23(2)11-16(13)24)21-22-19(12)15-4-3-14(20)10-17(15)25/h3-4,9-10,13,16,25H,5-8,11H2,1-2H3/t13-,16-/m1/s1. The average molecular weight is 359 g/mol. The molecule has 0 amide bonds. The summed E-state index contributed by atoms with van der Waals surface area (Å²) < 4.78 is 0. The van der Waals surface area contributed by atoms with Gasteiger partial charge in [-0.25, -0.2) is 0 Å². The van der Waals surface area contributed by atoms with Gasteiger partial charge in [0.15, 0.2) is 5.82 Å². The lowest BCUT2D eigenvalue weighted by atomic mass is 9.92. The van der Waals surface area contributed by atoms with Crippen LogP contribution in [0, 0.1) is 12.8 Å². The molecule has 2 aromatic rings. The number of anilines is 1. The molecule has 2 aliphatic heterocycles. The van der Waals surface area contributed by atoms with Crippen molar-refractivity contribution in [2.45, 2.75) is 25.8 Å². The second kappa shape index (κ2) is 6.46. The Labute approximate surface area is 153 Å². The molecule has 25 heavy (non-hydrogen) atoms. The first-order chi connectivity index (χ1) is 12.0. The Bertz CT molecular complexity index is 797. The second-order valence-corrected chi connectivity index (χ2v) is 7.69. The lowest BCUT2D eigenvalue weighted by Gasteiger charge is -2.37. The highest BCUT2D eigenvalue weighted by molar-refractivity contribution is 6.30. The van der Waals surface area contributed by atoms with Gasteiger partial charge in [0.1, 0.15) is 5.75 Å². The highest BCUT2D eigenvalue weighted by atomic mass is 35.5. The maximum Gasteiger partial charge on any atom is 0.151 e. The summed E-state index contributed by atoms with van der Waals surface area (Å²) in [5.74, 6) is 1.84. The minimum atomic E-state index is 0.132. The van der Waals surface area contributed by atoms with Gasteiger partial charge in [-0.2, -0.15) is 0 Å². The fourth-order valence-corrected chi connectivity index (χ4v) is 4.33. The van der Waals surface area contributed by atoms with E-state index in [-0.39, 0.29) is 5.75 Å². The Morgan fingerprint density at radius 1 is 1.16 bits per heavy atom. The number of rotatable bonds is 2. The number of piperidine rings is 1. The lowest BCUT2D eigenvalue weighted by molar-refractivity contribution is 0.207. The van der Waals surface area contributed by atoms with Crippen molar-refractivity contribution >= 4 is 17.4 Å². The van der Waals surface area contributed by atoms with Crippen molar-refractivity contribution in [2.24, 2.45) is 5.92 Å². The molecule has 0 aliphatic carbocycles. The van der Waals surface area contributed by atoms with Crippen LogP contribution in [-0.4, -0.2) is 52.9 Å². The zero-order valence-corrected chi connectivity index (χ0v) is 15.4. The largest absolute Gasteiger partial charge is 0.507 e. The van der Waals surface area contributed by atoms with Gasteiger partial charge in [0.05, 0.1) is 5.69 Å². The van der Waals surface area contributed by atoms with Crippen LogP contribution in [0.15, 0.2) is 24.3 Å². The van der Waals surface area contributed by atoms with E-state index in [0.29, 0.717) is 22.3 Å². The first-order valence-electron chi connectivity index (χ1n) is 8.81. The summed E-state index contributed by atoms with van der Waals surface area (Å²) >= 11 is 5.93. The van der Waals surface area contributed by atoms with E-state index in [1.807, 2.05) is 6.92 Å². The van der Waals surface area contributed by atoms with E-state index in [0.717, 1.165) is 30.4 Å². The van der Waals surface area contributed by atoms with Crippen LogP contribution in [0.1, 0.15) is 18.4 Å². The van der Waals surface area contributed by atoms with Crippen LogP contribution in [-0.2, 0) is 0 Å². The van der Waals surface area contributed by atoms with Crippen molar-refractivity contribution < 1.29 is 5.11 Å². The van der Waals surface area contributed by atoms with E-state index in [1.165, 1.54) is 25.5 Å². The summed E-state index contributed by atoms with van der Waals surface area (Å²) in [7, 11) is 2.19. The van der Waals surface area contributed by atoms with Gasteiger partial charge in [-0.15, -0.1) is 10.2 Å². The number of phenols is 1. The molecular weight excluding hydrogens is 336 g/mol. The predicted molar refractivity (Wildman–Crippen MR) is 100 cm³/mol. The van der Waals surface area contributed by atoms with Crippen molar-refractivity contribution in [1.29, 1.82) is 0 Å². The maximum atomic E-state index is 10.2. The van der Waals surface area contributed by atoms with Crippen LogP contribution in [0.5, 0.6) is 5.75 Å². The Kier molecular flexibility index (Phi) is 4.29. The van der Waals surface area contributed by atoms with Gasteiger partial charge in [-0.05, 0) is 69.1 Å². The number of benzene rings is 1. The van der Waals surface area contributed by atoms with E-state index >= 15 is 0 Å². The molecular formula is C19H23ClN4O. The number of halogens is 1. The smallest absolute Gasteiger partial charge is 0.151 e. The molecule has 0 radical (unpaired) electrons. The molecule has 132 valence electrons. The molecule has 1 aromatic heterocycles. The SMILES string of the molecule is Cc1cc(N2CC[C@H]3CCN(C)C[C@H]32)nnc1-c1ccc(Cl)cc1O. The summed E-state index contributed by atoms with van der Waals surface area (Å²) in [5, 5.41) is 19.6. The van der Waals surface area contributed by atoms with Gasteiger partial charge in [0.2, 0.25) is 0 Å². The highest BCUT2D eigenvalue weighted by Gasteiger charge is 2.38. The van der Waals surface area contributed by atoms with Gasteiger partial charge in [-0.1, -0.05) is 11.6 Å². The van der Waals surface area contributed by atoms with Gasteiger partial charge in [-0.3, -0.25) is 0 Å². The van der Waals surface area contributed by atoms with E-state index in [9.17, 15) is 5.11 Å². The molecule has 5 nitrogen and oxygen atoms in total.